The average Bonchev–Trinajstić information content (AvgIpc) is 2.75. The van der Waals surface area contributed by atoms with E-state index < -0.39 is 10.5 Å². The van der Waals surface area contributed by atoms with Gasteiger partial charge in [0.05, 0.1) is 10.6 Å². The lowest BCUT2D eigenvalue weighted by atomic mass is 9.91. The molecule has 0 aliphatic heterocycles. The summed E-state index contributed by atoms with van der Waals surface area (Å²) in [5, 5.41) is 11.3. The number of amides is 1. The van der Waals surface area contributed by atoms with Gasteiger partial charge in [-0.3, -0.25) is 15.0 Å². The first kappa shape index (κ1) is 23.7. The van der Waals surface area contributed by atoms with E-state index in [0.29, 0.717) is 11.3 Å². The van der Waals surface area contributed by atoms with Gasteiger partial charge in [0.15, 0.2) is 0 Å². The molecule has 1 fully saturated rings. The van der Waals surface area contributed by atoms with Crippen LogP contribution in [0.2, 0.25) is 5.15 Å². The van der Waals surface area contributed by atoms with Gasteiger partial charge in [0.25, 0.3) is 0 Å². The minimum atomic E-state index is -0.594. The summed E-state index contributed by atoms with van der Waals surface area (Å²) < 4.78 is 5.65. The van der Waals surface area contributed by atoms with Gasteiger partial charge in [0.2, 0.25) is 5.15 Å². The van der Waals surface area contributed by atoms with E-state index in [4.69, 9.17) is 16.3 Å². The van der Waals surface area contributed by atoms with Crippen molar-refractivity contribution in [2.24, 2.45) is 0 Å². The van der Waals surface area contributed by atoms with Gasteiger partial charge in [-0.25, -0.2) is 9.78 Å². The van der Waals surface area contributed by atoms with Crippen molar-refractivity contribution in [3.05, 3.63) is 75.9 Å². The number of nitrogens with zero attached hydrogens (tertiary/aromatic N) is 3. The Morgan fingerprint density at radius 3 is 2.26 bits per heavy atom. The molecule has 0 radical (unpaired) electrons. The number of benzene rings is 2. The minimum Gasteiger partial charge on any atom is -0.443 e. The quantitative estimate of drug-likeness (QED) is 0.218. The molecule has 0 bridgehead atoms. The third-order valence-corrected chi connectivity index (χ3v) is 5.97. The molecule has 34 heavy (non-hydrogen) atoms. The zero-order valence-electron chi connectivity index (χ0n) is 19.3. The Morgan fingerprint density at radius 2 is 1.74 bits per heavy atom. The highest BCUT2D eigenvalue weighted by Crippen LogP contribution is 2.38. The van der Waals surface area contributed by atoms with Gasteiger partial charge in [-0.15, -0.1) is 0 Å². The summed E-state index contributed by atoms with van der Waals surface area (Å²) in [4.78, 5) is 30.0. The van der Waals surface area contributed by atoms with Crippen molar-refractivity contribution in [1.29, 1.82) is 0 Å². The van der Waals surface area contributed by atoms with Gasteiger partial charge in [-0.1, -0.05) is 54.1 Å². The summed E-state index contributed by atoms with van der Waals surface area (Å²) >= 11 is 6.16. The highest BCUT2D eigenvalue weighted by Gasteiger charge is 2.33. The number of carbonyl (C=O) groups is 1. The van der Waals surface area contributed by atoms with E-state index in [9.17, 15) is 14.9 Å². The maximum Gasteiger partial charge on any atom is 0.415 e. The molecule has 1 saturated carbocycles. The van der Waals surface area contributed by atoms with E-state index in [2.05, 4.69) is 4.98 Å². The van der Waals surface area contributed by atoms with E-state index in [0.717, 1.165) is 36.1 Å². The summed E-state index contributed by atoms with van der Waals surface area (Å²) in [6.07, 6.45) is 2.57. The second-order valence-corrected chi connectivity index (χ2v) is 9.66. The number of ether oxygens (including phenoxy) is 1. The fraction of sp³-hybridized carbons (Fsp3) is 0.308. The molecular weight excluding hydrogens is 454 g/mol. The molecule has 0 saturated heterocycles. The van der Waals surface area contributed by atoms with Gasteiger partial charge >= 0.3 is 11.8 Å². The zero-order chi connectivity index (χ0) is 24.5. The molecular formula is C26H26ClN3O4. The molecule has 1 amide bonds. The molecule has 1 aliphatic rings. The number of aromatic nitrogens is 1. The molecule has 8 heteroatoms. The molecule has 4 rings (SSSR count). The van der Waals surface area contributed by atoms with Crippen LogP contribution >= 0.6 is 11.6 Å². The fourth-order valence-corrected chi connectivity index (χ4v) is 4.08. The Hall–Kier alpha value is -3.45. The van der Waals surface area contributed by atoms with Crippen molar-refractivity contribution in [2.75, 3.05) is 4.90 Å². The first-order valence-corrected chi connectivity index (χ1v) is 11.5. The average molecular weight is 480 g/mol. The maximum absolute atomic E-state index is 12.9. The third-order valence-electron chi connectivity index (χ3n) is 5.69. The number of pyridine rings is 1. The largest absolute Gasteiger partial charge is 0.443 e. The highest BCUT2D eigenvalue weighted by molar-refractivity contribution is 6.31. The molecule has 1 aromatic heterocycles. The summed E-state index contributed by atoms with van der Waals surface area (Å²) in [5.41, 5.74) is 2.55. The van der Waals surface area contributed by atoms with Crippen molar-refractivity contribution < 1.29 is 14.5 Å². The molecule has 2 aromatic carbocycles. The van der Waals surface area contributed by atoms with Crippen LogP contribution in [0, 0.1) is 10.1 Å². The van der Waals surface area contributed by atoms with Crippen LogP contribution in [0.3, 0.4) is 0 Å². The Balaban J connectivity index is 1.74. The Morgan fingerprint density at radius 1 is 1.09 bits per heavy atom. The smallest absolute Gasteiger partial charge is 0.415 e. The molecule has 7 nitrogen and oxygen atoms in total. The standard InChI is InChI=1S/C26H26ClN3O4/c1-26(2,3)34-25(31)29(19-10-7-11-19)20-14-12-18(13-15-20)23-21(17-8-5-4-6-9-17)16-22(30(32)33)24(27)28-23/h4-6,8-9,12-16,19H,7,10-11H2,1-3H3. The predicted octanol–water partition coefficient (Wildman–Crippen LogP) is 7.27. The van der Waals surface area contributed by atoms with Crippen LogP contribution in [0.1, 0.15) is 40.0 Å². The van der Waals surface area contributed by atoms with Crippen LogP contribution in [-0.2, 0) is 4.74 Å². The second kappa shape index (κ2) is 9.43. The van der Waals surface area contributed by atoms with E-state index in [1.807, 2.05) is 75.4 Å². The normalized spacial score (nSPS) is 13.8. The summed E-state index contributed by atoms with van der Waals surface area (Å²) in [5.74, 6) is 0. The van der Waals surface area contributed by atoms with Crippen LogP contribution in [0.4, 0.5) is 16.2 Å². The SMILES string of the molecule is CC(C)(C)OC(=O)N(c1ccc(-c2nc(Cl)c([N+](=O)[O-])cc2-c2ccccc2)cc1)C1CCC1. The molecule has 0 unspecified atom stereocenters. The Kier molecular flexibility index (Phi) is 6.57. The maximum atomic E-state index is 12.9. The van der Waals surface area contributed by atoms with Crippen molar-refractivity contribution in [1.82, 2.24) is 4.98 Å². The summed E-state index contributed by atoms with van der Waals surface area (Å²) in [7, 11) is 0. The molecule has 3 aromatic rings. The van der Waals surface area contributed by atoms with Crippen molar-refractivity contribution >= 4 is 29.1 Å². The van der Waals surface area contributed by atoms with Gasteiger partial charge in [-0.05, 0) is 57.7 Å². The second-order valence-electron chi connectivity index (χ2n) is 9.30. The van der Waals surface area contributed by atoms with E-state index in [-0.39, 0.29) is 23.0 Å². The molecule has 0 spiro atoms. The molecule has 0 N–H and O–H groups in total. The highest BCUT2D eigenvalue weighted by atomic mass is 35.5. The van der Waals surface area contributed by atoms with Crippen LogP contribution in [0.25, 0.3) is 22.4 Å². The number of anilines is 1. The van der Waals surface area contributed by atoms with Crippen molar-refractivity contribution in [3.63, 3.8) is 0 Å². The van der Waals surface area contributed by atoms with Crippen LogP contribution in [0.15, 0.2) is 60.7 Å². The van der Waals surface area contributed by atoms with Crippen LogP contribution in [-0.4, -0.2) is 27.6 Å². The fourth-order valence-electron chi connectivity index (χ4n) is 3.87. The number of hydrogen-bond acceptors (Lipinski definition) is 5. The van der Waals surface area contributed by atoms with Crippen molar-refractivity contribution in [3.8, 4) is 22.4 Å². The number of nitro groups is 1. The van der Waals surface area contributed by atoms with Gasteiger partial charge in [0.1, 0.15) is 5.60 Å². The first-order valence-electron chi connectivity index (χ1n) is 11.2. The Labute approximate surface area is 203 Å². The number of halogens is 1. The number of rotatable bonds is 5. The lowest BCUT2D eigenvalue weighted by Gasteiger charge is -2.38. The van der Waals surface area contributed by atoms with E-state index >= 15 is 0 Å². The van der Waals surface area contributed by atoms with Crippen LogP contribution < -0.4 is 4.90 Å². The molecule has 0 atom stereocenters. The Bertz CT molecular complexity index is 1200. The van der Waals surface area contributed by atoms with Gasteiger partial charge < -0.3 is 4.74 Å². The molecule has 176 valence electrons. The molecule has 1 aliphatic carbocycles. The van der Waals surface area contributed by atoms with E-state index in [1.54, 1.807) is 4.90 Å². The lowest BCUT2D eigenvalue weighted by Crippen LogP contribution is -2.46. The monoisotopic (exact) mass is 479 g/mol. The van der Waals surface area contributed by atoms with Gasteiger partial charge in [0, 0.05) is 28.9 Å². The number of carbonyl (C=O) groups excluding carboxylic acids is 1. The third kappa shape index (κ3) is 5.04. The number of hydrogen-bond donors (Lipinski definition) is 0. The van der Waals surface area contributed by atoms with Crippen molar-refractivity contribution in [2.45, 2.75) is 51.7 Å². The van der Waals surface area contributed by atoms with E-state index in [1.165, 1.54) is 6.07 Å². The molecule has 1 heterocycles. The summed E-state index contributed by atoms with van der Waals surface area (Å²) in [6.45, 7) is 5.55. The topological polar surface area (TPSA) is 85.6 Å². The van der Waals surface area contributed by atoms with Gasteiger partial charge in [-0.2, -0.15) is 0 Å². The zero-order valence-corrected chi connectivity index (χ0v) is 20.1. The van der Waals surface area contributed by atoms with Crippen LogP contribution in [0.5, 0.6) is 0 Å². The summed E-state index contributed by atoms with van der Waals surface area (Å²) in [6, 6.07) is 18.3. The lowest BCUT2D eigenvalue weighted by molar-refractivity contribution is -0.385. The first-order chi connectivity index (χ1) is 16.1. The minimum absolute atomic E-state index is 0.104. The predicted molar refractivity (Wildman–Crippen MR) is 133 cm³/mol.